The van der Waals surface area contributed by atoms with Gasteiger partial charge in [-0.3, -0.25) is 9.98 Å². The zero-order valence-corrected chi connectivity index (χ0v) is 15.8. The Morgan fingerprint density at radius 2 is 1.73 bits per heavy atom. The number of anilines is 1. The highest BCUT2D eigenvalue weighted by Gasteiger charge is 2.25. The van der Waals surface area contributed by atoms with E-state index >= 15 is 0 Å². The van der Waals surface area contributed by atoms with Crippen LogP contribution in [0.2, 0.25) is 0 Å². The Kier molecular flexibility index (Phi) is 5.35. The molecule has 0 radical (unpaired) electrons. The molecule has 0 aromatic carbocycles. The van der Waals surface area contributed by atoms with E-state index in [4.69, 9.17) is 5.73 Å². The highest BCUT2D eigenvalue weighted by Crippen LogP contribution is 2.24. The molecule has 26 heavy (non-hydrogen) atoms. The summed E-state index contributed by atoms with van der Waals surface area (Å²) in [5.41, 5.74) is 8.36. The summed E-state index contributed by atoms with van der Waals surface area (Å²) in [6, 6.07) is 5.87. The summed E-state index contributed by atoms with van der Waals surface area (Å²) >= 11 is 0. The number of piperazine rings is 1. The number of pyridine rings is 1. The van der Waals surface area contributed by atoms with Crippen LogP contribution < -0.4 is 10.6 Å². The van der Waals surface area contributed by atoms with Crippen LogP contribution in [-0.2, 0) is 5.41 Å². The lowest BCUT2D eigenvalue weighted by Gasteiger charge is -2.35. The van der Waals surface area contributed by atoms with Gasteiger partial charge in [0.2, 0.25) is 5.95 Å². The Bertz CT molecular complexity index is 749. The Balaban J connectivity index is 1.60. The molecule has 0 saturated carbocycles. The predicted octanol–water partition coefficient (Wildman–Crippen LogP) is 1.59. The lowest BCUT2D eigenvalue weighted by Crippen LogP contribution is -2.51. The van der Waals surface area contributed by atoms with E-state index in [1.807, 2.05) is 18.3 Å². The number of guanidine groups is 1. The average molecular weight is 353 g/mol. The Morgan fingerprint density at radius 3 is 2.38 bits per heavy atom. The zero-order valence-electron chi connectivity index (χ0n) is 15.8. The molecule has 138 valence electrons. The van der Waals surface area contributed by atoms with Crippen molar-refractivity contribution >= 4 is 11.9 Å². The fraction of sp³-hybridized carbons (Fsp3) is 0.474. The van der Waals surface area contributed by atoms with Crippen LogP contribution in [0.5, 0.6) is 0 Å². The normalized spacial score (nSPS) is 16.0. The fourth-order valence-electron chi connectivity index (χ4n) is 3.24. The average Bonchev–Trinajstić information content (AvgIpc) is 2.67. The van der Waals surface area contributed by atoms with Crippen LogP contribution in [0.1, 0.15) is 25.1 Å². The molecular formula is C19H27N7. The molecule has 0 bridgehead atoms. The number of hydrogen-bond donors (Lipinski definition) is 1. The van der Waals surface area contributed by atoms with Crippen molar-refractivity contribution in [3.63, 3.8) is 0 Å². The monoisotopic (exact) mass is 353 g/mol. The van der Waals surface area contributed by atoms with Crippen LogP contribution in [-0.4, -0.2) is 58.5 Å². The van der Waals surface area contributed by atoms with E-state index in [2.05, 4.69) is 56.6 Å². The molecule has 0 unspecified atom stereocenters. The molecule has 0 spiro atoms. The van der Waals surface area contributed by atoms with Gasteiger partial charge in [-0.2, -0.15) is 0 Å². The van der Waals surface area contributed by atoms with Crippen LogP contribution >= 0.6 is 0 Å². The molecule has 3 heterocycles. The SMILES string of the molecule is Cc1cccnc1C(C)(C)CN=C(N)N1CCN(c2ncccn2)CC1. The van der Waals surface area contributed by atoms with Gasteiger partial charge in [-0.15, -0.1) is 0 Å². The number of hydrogen-bond acceptors (Lipinski definition) is 5. The van der Waals surface area contributed by atoms with Gasteiger partial charge in [-0.25, -0.2) is 9.97 Å². The second-order valence-corrected chi connectivity index (χ2v) is 7.25. The van der Waals surface area contributed by atoms with Crippen molar-refractivity contribution in [1.82, 2.24) is 19.9 Å². The first-order valence-electron chi connectivity index (χ1n) is 8.96. The molecular weight excluding hydrogens is 326 g/mol. The summed E-state index contributed by atoms with van der Waals surface area (Å²) in [6.45, 7) is 10.3. The van der Waals surface area contributed by atoms with E-state index in [0.717, 1.165) is 37.8 Å². The maximum absolute atomic E-state index is 6.26. The van der Waals surface area contributed by atoms with Gasteiger partial charge in [0.15, 0.2) is 5.96 Å². The standard InChI is InChI=1S/C19H27N7/c1-15-6-4-7-21-16(15)19(2,3)14-24-17(20)25-10-12-26(13-11-25)18-22-8-5-9-23-18/h4-9H,10-14H2,1-3H3,(H2,20,24). The predicted molar refractivity (Wildman–Crippen MR) is 104 cm³/mol. The summed E-state index contributed by atoms with van der Waals surface area (Å²) in [7, 11) is 0. The molecule has 3 rings (SSSR count). The van der Waals surface area contributed by atoms with E-state index in [9.17, 15) is 0 Å². The summed E-state index contributed by atoms with van der Waals surface area (Å²) in [5, 5.41) is 0. The van der Waals surface area contributed by atoms with Gasteiger partial charge in [0.05, 0.1) is 12.2 Å². The third-order valence-corrected chi connectivity index (χ3v) is 4.73. The van der Waals surface area contributed by atoms with Crippen LogP contribution in [0, 0.1) is 6.92 Å². The highest BCUT2D eigenvalue weighted by molar-refractivity contribution is 5.78. The number of aliphatic imine (C=N–C) groups is 1. The Labute approximate surface area is 155 Å². The van der Waals surface area contributed by atoms with Crippen LogP contribution in [0.25, 0.3) is 0 Å². The van der Waals surface area contributed by atoms with E-state index in [1.165, 1.54) is 5.56 Å². The first kappa shape index (κ1) is 18.1. The Hall–Kier alpha value is -2.70. The molecule has 1 fully saturated rings. The minimum absolute atomic E-state index is 0.157. The smallest absolute Gasteiger partial charge is 0.225 e. The zero-order chi connectivity index (χ0) is 18.6. The lowest BCUT2D eigenvalue weighted by atomic mass is 9.86. The fourth-order valence-corrected chi connectivity index (χ4v) is 3.24. The maximum atomic E-state index is 6.26. The van der Waals surface area contributed by atoms with Gasteiger partial charge >= 0.3 is 0 Å². The van der Waals surface area contributed by atoms with Crippen molar-refractivity contribution in [2.45, 2.75) is 26.2 Å². The topological polar surface area (TPSA) is 83.5 Å². The van der Waals surface area contributed by atoms with Gasteiger partial charge < -0.3 is 15.5 Å². The second-order valence-electron chi connectivity index (χ2n) is 7.25. The van der Waals surface area contributed by atoms with Gasteiger partial charge in [0.1, 0.15) is 0 Å². The van der Waals surface area contributed by atoms with Crippen molar-refractivity contribution in [3.05, 3.63) is 48.0 Å². The van der Waals surface area contributed by atoms with Crippen molar-refractivity contribution in [3.8, 4) is 0 Å². The lowest BCUT2D eigenvalue weighted by molar-refractivity contribution is 0.376. The van der Waals surface area contributed by atoms with Gasteiger partial charge in [-0.1, -0.05) is 19.9 Å². The summed E-state index contributed by atoms with van der Waals surface area (Å²) in [5.74, 6) is 1.37. The quantitative estimate of drug-likeness (QED) is 0.664. The van der Waals surface area contributed by atoms with Crippen LogP contribution in [0.3, 0.4) is 0 Å². The number of nitrogens with two attached hydrogens (primary N) is 1. The minimum Gasteiger partial charge on any atom is -0.370 e. The van der Waals surface area contributed by atoms with Crippen LogP contribution in [0.4, 0.5) is 5.95 Å². The van der Waals surface area contributed by atoms with Gasteiger partial charge in [0, 0.05) is 50.2 Å². The third-order valence-electron chi connectivity index (χ3n) is 4.73. The first-order chi connectivity index (χ1) is 12.5. The molecule has 7 nitrogen and oxygen atoms in total. The van der Waals surface area contributed by atoms with E-state index < -0.39 is 0 Å². The van der Waals surface area contributed by atoms with E-state index in [0.29, 0.717) is 12.5 Å². The molecule has 2 aromatic heterocycles. The molecule has 0 aliphatic carbocycles. The number of rotatable bonds is 4. The molecule has 1 saturated heterocycles. The van der Waals surface area contributed by atoms with Gasteiger partial charge in [-0.05, 0) is 24.6 Å². The molecule has 1 aliphatic rings. The molecule has 7 heteroatoms. The second kappa shape index (κ2) is 7.68. The van der Waals surface area contributed by atoms with Crippen molar-refractivity contribution in [2.75, 3.05) is 37.6 Å². The summed E-state index contributed by atoms with van der Waals surface area (Å²) < 4.78 is 0. The molecule has 0 amide bonds. The molecule has 2 aromatic rings. The number of nitrogens with zero attached hydrogens (tertiary/aromatic N) is 6. The number of aromatic nitrogens is 3. The first-order valence-corrected chi connectivity index (χ1v) is 8.96. The van der Waals surface area contributed by atoms with E-state index in [-0.39, 0.29) is 5.41 Å². The minimum atomic E-state index is -0.157. The van der Waals surface area contributed by atoms with E-state index in [1.54, 1.807) is 12.4 Å². The third kappa shape index (κ3) is 4.09. The Morgan fingerprint density at radius 1 is 1.08 bits per heavy atom. The van der Waals surface area contributed by atoms with Gasteiger partial charge in [0.25, 0.3) is 0 Å². The summed E-state index contributed by atoms with van der Waals surface area (Å²) in [6.07, 6.45) is 5.38. The largest absolute Gasteiger partial charge is 0.370 e. The number of aryl methyl sites for hydroxylation is 1. The maximum Gasteiger partial charge on any atom is 0.225 e. The molecule has 2 N–H and O–H groups in total. The molecule has 0 atom stereocenters. The summed E-state index contributed by atoms with van der Waals surface area (Å²) in [4.78, 5) is 22.1. The highest BCUT2D eigenvalue weighted by atomic mass is 15.4. The van der Waals surface area contributed by atoms with Crippen molar-refractivity contribution < 1.29 is 0 Å². The van der Waals surface area contributed by atoms with Crippen LogP contribution in [0.15, 0.2) is 41.8 Å². The van der Waals surface area contributed by atoms with Crippen molar-refractivity contribution in [2.24, 2.45) is 10.7 Å². The molecule has 1 aliphatic heterocycles. The van der Waals surface area contributed by atoms with Crippen molar-refractivity contribution in [1.29, 1.82) is 0 Å².